The Hall–Kier alpha value is -2.02. The number of ether oxygens (including phenoxy) is 1. The smallest absolute Gasteiger partial charge is 0.233 e. The fourth-order valence-corrected chi connectivity index (χ4v) is 5.36. The molecule has 1 aliphatic heterocycles. The first-order valence-electron chi connectivity index (χ1n) is 10.1. The molecule has 2 aliphatic rings. The van der Waals surface area contributed by atoms with Crippen LogP contribution in [0, 0.1) is 11.8 Å². The molecule has 0 bridgehead atoms. The van der Waals surface area contributed by atoms with E-state index in [2.05, 4.69) is 15.1 Å². The maximum atomic E-state index is 12.8. The summed E-state index contributed by atoms with van der Waals surface area (Å²) in [6.45, 7) is 1.85. The highest BCUT2D eigenvalue weighted by molar-refractivity contribution is 7.99. The number of thioether (sulfide) groups is 1. The number of hydrogen-bond donors (Lipinski definition) is 0. The third-order valence-corrected chi connectivity index (χ3v) is 7.16. The van der Waals surface area contributed by atoms with Crippen LogP contribution in [0.4, 0.5) is 0 Å². The van der Waals surface area contributed by atoms with Crippen molar-refractivity contribution in [2.24, 2.45) is 18.9 Å². The van der Waals surface area contributed by atoms with Gasteiger partial charge in [-0.1, -0.05) is 43.2 Å². The molecule has 4 rings (SSSR count). The number of likely N-dealkylation sites (tertiary alicyclic amines) is 1. The van der Waals surface area contributed by atoms with Gasteiger partial charge in [0.15, 0.2) is 11.0 Å². The maximum Gasteiger partial charge on any atom is 0.233 e. The van der Waals surface area contributed by atoms with E-state index in [0.29, 0.717) is 11.7 Å². The van der Waals surface area contributed by atoms with E-state index in [-0.39, 0.29) is 5.91 Å². The molecule has 6 nitrogen and oxygen atoms in total. The summed E-state index contributed by atoms with van der Waals surface area (Å²) in [6.07, 6.45) is 6.50. The summed E-state index contributed by atoms with van der Waals surface area (Å²) in [5, 5.41) is 9.38. The van der Waals surface area contributed by atoms with Crippen LogP contribution >= 0.6 is 11.8 Å². The minimum absolute atomic E-state index is 0.218. The van der Waals surface area contributed by atoms with Crippen molar-refractivity contribution in [3.05, 3.63) is 24.3 Å². The van der Waals surface area contributed by atoms with Gasteiger partial charge in [0.25, 0.3) is 0 Å². The molecule has 0 spiro atoms. The fourth-order valence-electron chi connectivity index (χ4n) is 4.55. The van der Waals surface area contributed by atoms with Crippen LogP contribution in [0.15, 0.2) is 29.4 Å². The van der Waals surface area contributed by atoms with Crippen LogP contribution in [0.25, 0.3) is 11.4 Å². The third-order valence-electron chi connectivity index (χ3n) is 6.15. The molecule has 0 unspecified atom stereocenters. The number of nitrogens with zero attached hydrogens (tertiary/aromatic N) is 4. The Kier molecular flexibility index (Phi) is 5.90. The number of carbonyl (C=O) groups excluding carboxylic acids is 1. The third kappa shape index (κ3) is 3.90. The number of para-hydroxylation sites is 1. The number of methoxy groups -OCH3 is 1. The van der Waals surface area contributed by atoms with Gasteiger partial charge >= 0.3 is 0 Å². The van der Waals surface area contributed by atoms with Gasteiger partial charge in [-0.05, 0) is 36.8 Å². The molecular formula is C21H28N4O2S. The summed E-state index contributed by atoms with van der Waals surface area (Å²) < 4.78 is 7.37. The van der Waals surface area contributed by atoms with Gasteiger partial charge in [-0.2, -0.15) is 0 Å². The highest BCUT2D eigenvalue weighted by Crippen LogP contribution is 2.36. The quantitative estimate of drug-likeness (QED) is 0.718. The number of aromatic nitrogens is 3. The molecule has 150 valence electrons. The second-order valence-electron chi connectivity index (χ2n) is 7.79. The molecule has 2 fully saturated rings. The fraction of sp³-hybridized carbons (Fsp3) is 0.571. The number of rotatable bonds is 5. The molecule has 1 aromatic heterocycles. The maximum absolute atomic E-state index is 12.8. The average molecular weight is 401 g/mol. The van der Waals surface area contributed by atoms with Crippen molar-refractivity contribution in [2.45, 2.75) is 37.3 Å². The number of piperidine rings is 1. The first kappa shape index (κ1) is 19.3. The zero-order valence-corrected chi connectivity index (χ0v) is 17.5. The zero-order chi connectivity index (χ0) is 19.5. The molecular weight excluding hydrogens is 372 g/mol. The lowest BCUT2D eigenvalue weighted by atomic mass is 9.75. The summed E-state index contributed by atoms with van der Waals surface area (Å²) in [5.41, 5.74) is 0.901. The van der Waals surface area contributed by atoms with Gasteiger partial charge < -0.3 is 14.2 Å². The topological polar surface area (TPSA) is 60.3 Å². The summed E-state index contributed by atoms with van der Waals surface area (Å²) in [4.78, 5) is 14.8. The van der Waals surface area contributed by atoms with Gasteiger partial charge in [0.05, 0.1) is 18.4 Å². The minimum Gasteiger partial charge on any atom is -0.496 e. The Labute approximate surface area is 170 Å². The normalized spacial score (nSPS) is 22.0. The predicted molar refractivity (Wildman–Crippen MR) is 110 cm³/mol. The zero-order valence-electron chi connectivity index (χ0n) is 16.6. The molecule has 1 aromatic carbocycles. The summed E-state index contributed by atoms with van der Waals surface area (Å²) in [7, 11) is 3.58. The van der Waals surface area contributed by atoms with Crippen molar-refractivity contribution in [2.75, 3.05) is 26.0 Å². The van der Waals surface area contributed by atoms with Crippen molar-refractivity contribution in [3.8, 4) is 17.1 Å². The highest BCUT2D eigenvalue weighted by atomic mass is 32.2. The van der Waals surface area contributed by atoms with Gasteiger partial charge in [0.2, 0.25) is 5.91 Å². The van der Waals surface area contributed by atoms with Crippen molar-refractivity contribution in [3.63, 3.8) is 0 Å². The van der Waals surface area contributed by atoms with Crippen LogP contribution in [0.2, 0.25) is 0 Å². The van der Waals surface area contributed by atoms with Crippen LogP contribution in [0.1, 0.15) is 32.1 Å². The lowest BCUT2D eigenvalue weighted by molar-refractivity contribution is -0.131. The van der Waals surface area contributed by atoms with Gasteiger partial charge in [-0.3, -0.25) is 4.79 Å². The Bertz CT molecular complexity index is 838. The molecule has 28 heavy (non-hydrogen) atoms. The van der Waals surface area contributed by atoms with E-state index in [0.717, 1.165) is 41.3 Å². The van der Waals surface area contributed by atoms with Crippen LogP contribution in [0.5, 0.6) is 5.75 Å². The second-order valence-corrected chi connectivity index (χ2v) is 8.73. The van der Waals surface area contributed by atoms with E-state index in [1.165, 1.54) is 43.9 Å². The number of carbonyl (C=O) groups is 1. The molecule has 0 radical (unpaired) electrons. The average Bonchev–Trinajstić information content (AvgIpc) is 3.11. The van der Waals surface area contributed by atoms with E-state index in [1.807, 2.05) is 35.9 Å². The molecule has 2 heterocycles. The van der Waals surface area contributed by atoms with E-state index in [4.69, 9.17) is 4.74 Å². The SMILES string of the molecule is COc1ccccc1-c1nnc(SCC(=O)N2CC[C@H]3CCCC[C@H]3C2)n1C. The van der Waals surface area contributed by atoms with E-state index in [1.54, 1.807) is 7.11 Å². The lowest BCUT2D eigenvalue weighted by Crippen LogP contribution is -2.45. The van der Waals surface area contributed by atoms with Crippen molar-refractivity contribution >= 4 is 17.7 Å². The molecule has 0 N–H and O–H groups in total. The van der Waals surface area contributed by atoms with Crippen LogP contribution in [-0.2, 0) is 11.8 Å². The van der Waals surface area contributed by atoms with Gasteiger partial charge in [0, 0.05) is 20.1 Å². The van der Waals surface area contributed by atoms with Crippen molar-refractivity contribution < 1.29 is 9.53 Å². The lowest BCUT2D eigenvalue weighted by Gasteiger charge is -2.41. The number of hydrogen-bond acceptors (Lipinski definition) is 5. The highest BCUT2D eigenvalue weighted by Gasteiger charge is 2.32. The van der Waals surface area contributed by atoms with Gasteiger partial charge in [-0.25, -0.2) is 0 Å². The molecule has 1 amide bonds. The molecule has 1 saturated heterocycles. The second kappa shape index (κ2) is 8.55. The van der Waals surface area contributed by atoms with Gasteiger partial charge in [-0.15, -0.1) is 10.2 Å². The first-order valence-corrected chi connectivity index (χ1v) is 11.1. The monoisotopic (exact) mass is 400 g/mol. The van der Waals surface area contributed by atoms with E-state index < -0.39 is 0 Å². The number of fused-ring (bicyclic) bond motifs is 1. The summed E-state index contributed by atoms with van der Waals surface area (Å²) in [5.74, 6) is 3.69. The summed E-state index contributed by atoms with van der Waals surface area (Å²) >= 11 is 1.46. The molecule has 1 aliphatic carbocycles. The Balaban J connectivity index is 1.39. The van der Waals surface area contributed by atoms with E-state index >= 15 is 0 Å². The number of benzene rings is 1. The standard InChI is InChI=1S/C21H28N4O2S/c1-24-20(17-9-5-6-10-18(17)27-2)22-23-21(24)28-14-19(26)25-12-11-15-7-3-4-8-16(15)13-25/h5-6,9-10,15-16H,3-4,7-8,11-14H2,1-2H3/t15-,16+/m1/s1. The van der Waals surface area contributed by atoms with Crippen molar-refractivity contribution in [1.82, 2.24) is 19.7 Å². The Morgan fingerprint density at radius 1 is 1.18 bits per heavy atom. The predicted octanol–water partition coefficient (Wildman–Crippen LogP) is 3.62. The minimum atomic E-state index is 0.218. The van der Waals surface area contributed by atoms with Crippen molar-refractivity contribution in [1.29, 1.82) is 0 Å². The first-order chi connectivity index (χ1) is 13.7. The van der Waals surface area contributed by atoms with Crippen LogP contribution in [0.3, 0.4) is 0 Å². The van der Waals surface area contributed by atoms with E-state index in [9.17, 15) is 4.79 Å². The summed E-state index contributed by atoms with van der Waals surface area (Å²) in [6, 6.07) is 7.77. The molecule has 1 saturated carbocycles. The molecule has 7 heteroatoms. The Morgan fingerprint density at radius 3 is 2.79 bits per heavy atom. The van der Waals surface area contributed by atoms with Crippen LogP contribution in [-0.4, -0.2) is 51.5 Å². The molecule has 2 atom stereocenters. The molecule has 2 aromatic rings. The van der Waals surface area contributed by atoms with Crippen LogP contribution < -0.4 is 4.74 Å². The Morgan fingerprint density at radius 2 is 1.96 bits per heavy atom. The number of amides is 1. The largest absolute Gasteiger partial charge is 0.496 e. The van der Waals surface area contributed by atoms with Gasteiger partial charge in [0.1, 0.15) is 5.75 Å².